The minimum atomic E-state index is -0.214. The topological polar surface area (TPSA) is 351 Å². The maximum atomic E-state index is 13.6. The van der Waals surface area contributed by atoms with E-state index in [9.17, 15) is 28.8 Å². The maximum absolute atomic E-state index is 13.6. The lowest BCUT2D eigenvalue weighted by molar-refractivity contribution is -0.122. The highest BCUT2D eigenvalue weighted by Gasteiger charge is 2.34. The van der Waals surface area contributed by atoms with Crippen LogP contribution in [0.4, 0.5) is 63.3 Å². The number of allylic oxidation sites excluding steroid dienone is 6. The molecule has 11 aromatic heterocycles. The number of likely N-dealkylation sites (tertiary alicyclic amines) is 1. The number of anilines is 11. The number of benzene rings is 4. The van der Waals surface area contributed by atoms with Crippen molar-refractivity contribution in [2.75, 3.05) is 166 Å². The second kappa shape index (κ2) is 34.9. The minimum absolute atomic E-state index is 0.0164. The molecule has 672 valence electrons. The Hall–Kier alpha value is -14.8. The Kier molecular flexibility index (Phi) is 21.9. The molecule has 0 radical (unpaired) electrons. The van der Waals surface area contributed by atoms with Gasteiger partial charge in [-0.3, -0.25) is 28.8 Å². The van der Waals surface area contributed by atoms with E-state index in [-0.39, 0.29) is 54.2 Å². The number of carbonyl (C=O) groups excluding carboxylic acids is 3. The van der Waals surface area contributed by atoms with Crippen LogP contribution in [0, 0.1) is 0 Å². The maximum Gasteiger partial charge on any atom is 0.278 e. The number of nitrogens with zero attached hydrogens (tertiary/aromatic N) is 22. The van der Waals surface area contributed by atoms with Crippen molar-refractivity contribution in [1.82, 2.24) is 82.7 Å². The summed E-state index contributed by atoms with van der Waals surface area (Å²) in [4.78, 5) is 133. The number of thiophene rings is 1. The van der Waals surface area contributed by atoms with Gasteiger partial charge in [0.25, 0.3) is 34.4 Å². The first-order chi connectivity index (χ1) is 64.6. The summed E-state index contributed by atoms with van der Waals surface area (Å²) >= 11 is 1.73. The van der Waals surface area contributed by atoms with Gasteiger partial charge in [-0.05, 0) is 164 Å². The van der Waals surface area contributed by atoms with Crippen molar-refractivity contribution in [3.63, 3.8) is 0 Å². The second-order valence-corrected chi connectivity index (χ2v) is 35.4. The number of fused-ring (bicyclic) bond motifs is 18. The van der Waals surface area contributed by atoms with Gasteiger partial charge in [-0.2, -0.15) is 15.0 Å². The van der Waals surface area contributed by atoms with Gasteiger partial charge >= 0.3 is 0 Å². The number of nitrogens with one attached hydrogen (secondary N) is 3. The molecule has 3 N–H and O–H groups in total. The lowest BCUT2D eigenvalue weighted by Crippen LogP contribution is -2.44. The van der Waals surface area contributed by atoms with Crippen molar-refractivity contribution in [2.45, 2.75) is 76.9 Å². The van der Waals surface area contributed by atoms with Crippen molar-refractivity contribution in [1.29, 1.82) is 0 Å². The molecule has 0 atom stereocenters. The molecule has 0 unspecified atom stereocenters. The van der Waals surface area contributed by atoms with Crippen LogP contribution in [0.1, 0.15) is 62.8 Å². The first-order valence-corrected chi connectivity index (χ1v) is 45.7. The van der Waals surface area contributed by atoms with E-state index in [1.807, 2.05) is 104 Å². The summed E-state index contributed by atoms with van der Waals surface area (Å²) in [5.74, 6) is 2.70. The molecule has 0 aliphatic carbocycles. The largest absolute Gasteiger partial charge is 0.482 e. The van der Waals surface area contributed by atoms with E-state index in [0.717, 1.165) is 162 Å². The highest BCUT2D eigenvalue weighted by Crippen LogP contribution is 2.42. The zero-order valence-corrected chi connectivity index (χ0v) is 73.9. The number of rotatable bonds is 9. The fraction of sp³-hybridized carbons (Fsp3) is 0.326. The molecule has 15 aromatic rings. The van der Waals surface area contributed by atoms with Crippen LogP contribution >= 0.6 is 11.3 Å². The SMILES string of the molecule is CN1CCC(c2coc3cc(Nc4ncc5c(=O)n6n(c5n4)-c4cnc5c(c4)N(CCCC=CC6)C(=O)CO5)ccc23)CC1.CN1CCN(c2coc3cc(Nc4ncc5c(=O)n6n(c5n4)-c4ccc5c(c4)N(CCCC=CC6)C(=O)CO5)ccc23)CC1.CN1CCN(c2csc3cc(Nc4ncc5c(=O)n6n(c5n4)-c4cnc5c(c4)N(CCCC=CC6)C(=O)CO5)ccc23)CC1. The van der Waals surface area contributed by atoms with Crippen molar-refractivity contribution in [2.24, 2.45) is 0 Å². The Labute approximate surface area is 758 Å². The number of aromatic nitrogens is 14. The monoisotopic (exact) mass is 1790 g/mol. The number of amides is 3. The summed E-state index contributed by atoms with van der Waals surface area (Å²) < 4.78 is 40.3. The molecular weight excluding hydrogens is 1700 g/mol. The summed E-state index contributed by atoms with van der Waals surface area (Å²) in [5, 5.41) is 16.8. The third-order valence-corrected chi connectivity index (χ3v) is 27.0. The lowest BCUT2D eigenvalue weighted by atomic mass is 9.89. The molecule has 9 aliphatic rings. The summed E-state index contributed by atoms with van der Waals surface area (Å²) in [6, 6.07) is 27.7. The molecule has 0 saturated carbocycles. The molecule has 9 aliphatic heterocycles. The third-order valence-electron chi connectivity index (χ3n) is 26.1. The van der Waals surface area contributed by atoms with Crippen LogP contribution in [-0.4, -0.2) is 226 Å². The third kappa shape index (κ3) is 15.7. The Morgan fingerprint density at radius 3 is 1.33 bits per heavy atom. The van der Waals surface area contributed by atoms with Gasteiger partial charge in [0.1, 0.15) is 50.7 Å². The smallest absolute Gasteiger partial charge is 0.278 e. The molecule has 20 heterocycles. The van der Waals surface area contributed by atoms with Crippen molar-refractivity contribution >= 4 is 158 Å². The first-order valence-electron chi connectivity index (χ1n) is 44.9. The van der Waals surface area contributed by atoms with Crippen LogP contribution in [0.25, 0.3) is 82.2 Å². The number of hydrogen-bond acceptors (Lipinski definition) is 28. The average Bonchev–Trinajstić information content (AvgIpc) is 1.60. The Bertz CT molecular complexity index is 6690. The summed E-state index contributed by atoms with van der Waals surface area (Å²) in [7, 11) is 6.48. The number of piperazine rings is 2. The standard InChI is InChI=1S/2C32H32N8O4.C31H31N9O3S/c1-36-12-14-37(15-13-36)26-19-43-28-16-21(6-8-23(26)28)34-32-33-18-24-30(35-32)40-22-7-9-27-25(17-22)38(29(41)20-44-27)10-4-2-3-5-11-39(40)31(24)42;1-37-12-8-20(9-13-37)25-18-43-27-14-21(6-7-23(25)27)35-32-34-17-24-29(36-32)40-22-15-26-30(33-16-22)44-19-28(41)38(26)10-4-2-3-5-11-39(40)31(24)42;1-36-10-12-37(13-11-36)25-19-44-26-14-20(6-7-22(25)26)34-31-33-17-23-28(35-31)40-21-15-24-29(32-16-21)43-18-27(41)38(24)8-4-2-3-5-9-39(40)30(23)42/h3,5-9,16-19H,2,4,10-15,20H2,1H3,(H,33,34,35);3,5-7,14-18,20H,2,4,8-13,19H2,1H3,(H,34,35,36);3,5-7,14-17,19H,2,4,8-13,18H2,1H3,(H,33,34,35). The molecule has 3 saturated heterocycles. The van der Waals surface area contributed by atoms with Gasteiger partial charge in [0.05, 0.1) is 72.4 Å². The van der Waals surface area contributed by atoms with Crippen LogP contribution in [0.15, 0.2) is 193 Å². The van der Waals surface area contributed by atoms with Crippen LogP contribution in [0.3, 0.4) is 0 Å². The number of pyridine rings is 2. The fourth-order valence-electron chi connectivity index (χ4n) is 18.9. The van der Waals surface area contributed by atoms with E-state index < -0.39 is 0 Å². The molecule has 0 spiro atoms. The van der Waals surface area contributed by atoms with E-state index in [2.05, 4.69) is 122 Å². The number of hydrogen-bond donors (Lipinski definition) is 3. The average molecular weight is 1800 g/mol. The van der Waals surface area contributed by atoms with E-state index >= 15 is 0 Å². The Morgan fingerprint density at radius 2 is 0.811 bits per heavy atom. The number of ether oxygens (including phenoxy) is 3. The summed E-state index contributed by atoms with van der Waals surface area (Å²) in [5.41, 5.74) is 12.2. The molecule has 3 amide bonds. The molecule has 4 aromatic carbocycles. The molecule has 3 fully saturated rings. The van der Waals surface area contributed by atoms with Crippen molar-refractivity contribution < 1.29 is 37.4 Å². The van der Waals surface area contributed by atoms with E-state index in [4.69, 9.17) is 38.0 Å². The van der Waals surface area contributed by atoms with E-state index in [1.165, 1.54) is 21.3 Å². The zero-order valence-electron chi connectivity index (χ0n) is 73.1. The van der Waals surface area contributed by atoms with Gasteiger partial charge < -0.3 is 78.2 Å². The molecule has 6 bridgehead atoms. The van der Waals surface area contributed by atoms with Gasteiger partial charge in [0.15, 0.2) is 36.8 Å². The number of furan rings is 2. The van der Waals surface area contributed by atoms with Crippen molar-refractivity contribution in [3.05, 3.63) is 207 Å². The number of likely N-dealkylation sites (N-methyl/N-ethyl adjacent to an activating group) is 2. The van der Waals surface area contributed by atoms with Crippen LogP contribution in [0.2, 0.25) is 0 Å². The lowest BCUT2D eigenvalue weighted by Gasteiger charge is -2.33. The summed E-state index contributed by atoms with van der Waals surface area (Å²) in [6.07, 6.45) is 30.7. The van der Waals surface area contributed by atoms with Crippen LogP contribution in [-0.2, 0) is 34.0 Å². The zero-order chi connectivity index (χ0) is 89.4. The predicted octanol–water partition coefficient (Wildman–Crippen LogP) is 12.0. The first kappa shape index (κ1) is 82.8. The van der Waals surface area contributed by atoms with Gasteiger partial charge in [0.2, 0.25) is 29.6 Å². The molecule has 132 heavy (non-hydrogen) atoms. The second-order valence-electron chi connectivity index (χ2n) is 34.5. The normalized spacial score (nSPS) is 17.5. The molecule has 37 heteroatoms. The van der Waals surface area contributed by atoms with E-state index in [1.54, 1.807) is 85.1 Å². The minimum Gasteiger partial charge on any atom is -0.482 e. The summed E-state index contributed by atoms with van der Waals surface area (Å²) in [6.45, 7) is 13.0. The van der Waals surface area contributed by atoms with Gasteiger partial charge in [-0.25, -0.2) is 53.0 Å². The van der Waals surface area contributed by atoms with Gasteiger partial charge in [-0.15, -0.1) is 11.3 Å². The van der Waals surface area contributed by atoms with E-state index in [0.29, 0.717) is 148 Å². The quantitative estimate of drug-likeness (QED) is 0.113. The highest BCUT2D eigenvalue weighted by atomic mass is 32.1. The van der Waals surface area contributed by atoms with Gasteiger partial charge in [0, 0.05) is 152 Å². The molecule has 24 rings (SSSR count). The van der Waals surface area contributed by atoms with Gasteiger partial charge in [-0.1, -0.05) is 36.5 Å². The van der Waals surface area contributed by atoms with Crippen molar-refractivity contribution in [3.8, 4) is 34.6 Å². The van der Waals surface area contributed by atoms with Crippen LogP contribution in [0.5, 0.6) is 17.5 Å². The number of piperidine rings is 1. The number of carbonyl (C=O) groups is 3. The predicted molar refractivity (Wildman–Crippen MR) is 507 cm³/mol. The van der Waals surface area contributed by atoms with Crippen LogP contribution < -0.4 is 71.3 Å². The highest BCUT2D eigenvalue weighted by molar-refractivity contribution is 7.17. The molecular formula is C95H95N25O11S. The Morgan fingerprint density at radius 1 is 0.379 bits per heavy atom. The fourth-order valence-corrected chi connectivity index (χ4v) is 19.9. The molecule has 36 nitrogen and oxygen atoms in total. The Balaban J connectivity index is 0.000000116.